The average molecular weight is 333 g/mol. The fourth-order valence-electron chi connectivity index (χ4n) is 1.24. The second-order valence-corrected chi connectivity index (χ2v) is 4.97. The van der Waals surface area contributed by atoms with Crippen molar-refractivity contribution in [2.45, 2.75) is 6.92 Å². The van der Waals surface area contributed by atoms with Crippen molar-refractivity contribution in [2.24, 2.45) is 0 Å². The Hall–Kier alpha value is -0.840. The Morgan fingerprint density at radius 1 is 1.24 bits per heavy atom. The van der Waals surface area contributed by atoms with Gasteiger partial charge in [-0.1, -0.05) is 29.3 Å². The first-order valence-corrected chi connectivity index (χ1v) is 6.32. The molecule has 0 atom stereocenters. The SMILES string of the molecule is Cc1ccc(Nc2ncnc(Cl)c2Br)cc1Cl. The number of hydrogen-bond donors (Lipinski definition) is 1. The standard InChI is InChI=1S/C11H8BrCl2N3/c1-6-2-3-7(4-8(6)13)17-11-9(12)10(14)15-5-16-11/h2-5H,1H3,(H,15,16,17). The second-order valence-electron chi connectivity index (χ2n) is 3.42. The number of nitrogens with zero attached hydrogens (tertiary/aromatic N) is 2. The molecule has 0 amide bonds. The summed E-state index contributed by atoms with van der Waals surface area (Å²) in [6, 6.07) is 5.68. The molecule has 0 aliphatic heterocycles. The number of benzene rings is 1. The molecule has 0 aliphatic rings. The van der Waals surface area contributed by atoms with Crippen LogP contribution in [0.2, 0.25) is 10.2 Å². The van der Waals surface area contributed by atoms with E-state index in [0.29, 0.717) is 20.5 Å². The summed E-state index contributed by atoms with van der Waals surface area (Å²) in [5.74, 6) is 0.602. The minimum Gasteiger partial charge on any atom is -0.339 e. The van der Waals surface area contributed by atoms with Crippen molar-refractivity contribution in [3.05, 3.63) is 44.7 Å². The molecule has 0 unspecified atom stereocenters. The number of aryl methyl sites for hydroxylation is 1. The fourth-order valence-corrected chi connectivity index (χ4v) is 1.86. The van der Waals surface area contributed by atoms with Gasteiger partial charge in [-0.15, -0.1) is 0 Å². The third-order valence-corrected chi connectivity index (χ3v) is 3.85. The molecular formula is C11H8BrCl2N3. The molecule has 2 aromatic rings. The summed E-state index contributed by atoms with van der Waals surface area (Å²) in [6.07, 6.45) is 1.39. The minimum atomic E-state index is 0.362. The van der Waals surface area contributed by atoms with Gasteiger partial charge in [-0.3, -0.25) is 0 Å². The van der Waals surface area contributed by atoms with Gasteiger partial charge in [-0.05, 0) is 40.5 Å². The summed E-state index contributed by atoms with van der Waals surface area (Å²) in [4.78, 5) is 7.94. The molecule has 1 aromatic heterocycles. The summed E-state index contributed by atoms with van der Waals surface area (Å²) in [5.41, 5.74) is 1.87. The van der Waals surface area contributed by atoms with Crippen LogP contribution in [0.25, 0.3) is 0 Å². The van der Waals surface area contributed by atoms with Crippen molar-refractivity contribution >= 4 is 50.6 Å². The van der Waals surface area contributed by atoms with Crippen molar-refractivity contribution in [3.8, 4) is 0 Å². The molecule has 1 N–H and O–H groups in total. The average Bonchev–Trinajstić information content (AvgIpc) is 2.30. The van der Waals surface area contributed by atoms with Crippen LogP contribution < -0.4 is 5.32 Å². The van der Waals surface area contributed by atoms with E-state index in [2.05, 4.69) is 31.2 Å². The van der Waals surface area contributed by atoms with Crippen LogP contribution in [0, 0.1) is 6.92 Å². The highest BCUT2D eigenvalue weighted by Crippen LogP contribution is 2.29. The normalized spacial score (nSPS) is 10.4. The van der Waals surface area contributed by atoms with Gasteiger partial charge < -0.3 is 5.32 Å². The Morgan fingerprint density at radius 2 is 2.00 bits per heavy atom. The Balaban J connectivity index is 2.31. The van der Waals surface area contributed by atoms with Crippen LogP contribution in [0.4, 0.5) is 11.5 Å². The molecule has 3 nitrogen and oxygen atoms in total. The van der Waals surface area contributed by atoms with Crippen molar-refractivity contribution in [3.63, 3.8) is 0 Å². The number of hydrogen-bond acceptors (Lipinski definition) is 3. The Kier molecular flexibility index (Phi) is 3.86. The molecule has 0 saturated carbocycles. The van der Waals surface area contributed by atoms with Gasteiger partial charge in [0.25, 0.3) is 0 Å². The summed E-state index contributed by atoms with van der Waals surface area (Å²) in [5, 5.41) is 4.18. The highest BCUT2D eigenvalue weighted by atomic mass is 79.9. The summed E-state index contributed by atoms with van der Waals surface area (Å²) in [7, 11) is 0. The van der Waals surface area contributed by atoms with Crippen LogP contribution in [0.1, 0.15) is 5.56 Å². The molecule has 1 aromatic carbocycles. The Bertz CT molecular complexity index is 560. The molecule has 0 bridgehead atoms. The van der Waals surface area contributed by atoms with E-state index < -0.39 is 0 Å². The molecule has 0 aliphatic carbocycles. The third-order valence-electron chi connectivity index (χ3n) is 2.18. The van der Waals surface area contributed by atoms with Crippen LogP contribution >= 0.6 is 39.1 Å². The van der Waals surface area contributed by atoms with Crippen LogP contribution in [-0.4, -0.2) is 9.97 Å². The van der Waals surface area contributed by atoms with Crippen LogP contribution in [-0.2, 0) is 0 Å². The largest absolute Gasteiger partial charge is 0.339 e. The van der Waals surface area contributed by atoms with Gasteiger partial charge in [0.1, 0.15) is 17.3 Å². The molecule has 1 heterocycles. The van der Waals surface area contributed by atoms with Gasteiger partial charge >= 0.3 is 0 Å². The lowest BCUT2D eigenvalue weighted by molar-refractivity contribution is 1.15. The molecular weight excluding hydrogens is 325 g/mol. The molecule has 0 radical (unpaired) electrons. The lowest BCUT2D eigenvalue weighted by Gasteiger charge is -2.08. The molecule has 88 valence electrons. The van der Waals surface area contributed by atoms with Gasteiger partial charge in [0, 0.05) is 10.7 Å². The van der Waals surface area contributed by atoms with Gasteiger partial charge in [0.05, 0.1) is 4.47 Å². The number of rotatable bonds is 2. The van der Waals surface area contributed by atoms with Crippen molar-refractivity contribution in [1.29, 1.82) is 0 Å². The van der Waals surface area contributed by atoms with Gasteiger partial charge in [-0.25, -0.2) is 9.97 Å². The van der Waals surface area contributed by atoms with E-state index in [1.165, 1.54) is 6.33 Å². The van der Waals surface area contributed by atoms with Crippen molar-refractivity contribution in [1.82, 2.24) is 9.97 Å². The van der Waals surface area contributed by atoms with Crippen LogP contribution in [0.3, 0.4) is 0 Å². The molecule has 0 saturated heterocycles. The summed E-state index contributed by atoms with van der Waals surface area (Å²) >= 11 is 15.2. The highest BCUT2D eigenvalue weighted by molar-refractivity contribution is 9.10. The van der Waals surface area contributed by atoms with Gasteiger partial charge in [0.2, 0.25) is 0 Å². The number of anilines is 2. The molecule has 0 spiro atoms. The lowest BCUT2D eigenvalue weighted by Crippen LogP contribution is -1.96. The lowest BCUT2D eigenvalue weighted by atomic mass is 10.2. The fraction of sp³-hybridized carbons (Fsp3) is 0.0909. The maximum absolute atomic E-state index is 6.04. The molecule has 0 fully saturated rings. The smallest absolute Gasteiger partial charge is 0.149 e. The first-order chi connectivity index (χ1) is 8.08. The first-order valence-electron chi connectivity index (χ1n) is 4.77. The predicted octanol–water partition coefficient (Wildman–Crippen LogP) is 4.60. The number of nitrogens with one attached hydrogen (secondary N) is 1. The van der Waals surface area contributed by atoms with Crippen molar-refractivity contribution < 1.29 is 0 Å². The van der Waals surface area contributed by atoms with Gasteiger partial charge in [0.15, 0.2) is 0 Å². The molecule has 17 heavy (non-hydrogen) atoms. The molecule has 6 heteroatoms. The zero-order valence-electron chi connectivity index (χ0n) is 8.84. The second kappa shape index (κ2) is 5.21. The number of aromatic nitrogens is 2. The Labute approximate surface area is 117 Å². The van der Waals surface area contributed by atoms with E-state index in [9.17, 15) is 0 Å². The minimum absolute atomic E-state index is 0.362. The third kappa shape index (κ3) is 2.89. The topological polar surface area (TPSA) is 37.8 Å². The zero-order chi connectivity index (χ0) is 12.4. The monoisotopic (exact) mass is 331 g/mol. The van der Waals surface area contributed by atoms with E-state index in [1.54, 1.807) is 0 Å². The van der Waals surface area contributed by atoms with Gasteiger partial charge in [-0.2, -0.15) is 0 Å². The van der Waals surface area contributed by atoms with E-state index in [0.717, 1.165) is 11.3 Å². The summed E-state index contributed by atoms with van der Waals surface area (Å²) < 4.78 is 0.623. The zero-order valence-corrected chi connectivity index (χ0v) is 11.9. The predicted molar refractivity (Wildman–Crippen MR) is 74.2 cm³/mol. The van der Waals surface area contributed by atoms with E-state index in [1.807, 2.05) is 25.1 Å². The number of halogens is 3. The van der Waals surface area contributed by atoms with Crippen molar-refractivity contribution in [2.75, 3.05) is 5.32 Å². The molecule has 2 rings (SSSR count). The quantitative estimate of drug-likeness (QED) is 0.817. The highest BCUT2D eigenvalue weighted by Gasteiger charge is 2.07. The van der Waals surface area contributed by atoms with Crippen LogP contribution in [0.5, 0.6) is 0 Å². The van der Waals surface area contributed by atoms with E-state index in [4.69, 9.17) is 23.2 Å². The Morgan fingerprint density at radius 3 is 2.71 bits per heavy atom. The maximum atomic E-state index is 6.04. The van der Waals surface area contributed by atoms with Crippen LogP contribution in [0.15, 0.2) is 29.0 Å². The summed E-state index contributed by atoms with van der Waals surface area (Å²) in [6.45, 7) is 1.95. The first kappa shape index (κ1) is 12.6. The van der Waals surface area contributed by atoms with E-state index >= 15 is 0 Å². The maximum Gasteiger partial charge on any atom is 0.149 e. The van der Waals surface area contributed by atoms with E-state index in [-0.39, 0.29) is 0 Å².